The van der Waals surface area contributed by atoms with Crippen molar-refractivity contribution in [2.24, 2.45) is 0 Å². The van der Waals surface area contributed by atoms with Crippen LogP contribution in [0, 0.1) is 0 Å². The van der Waals surface area contributed by atoms with Gasteiger partial charge in [-0.15, -0.1) is 11.3 Å². The van der Waals surface area contributed by atoms with E-state index in [9.17, 15) is 9.59 Å². The maximum Gasteiger partial charge on any atom is 0.306 e. The molecular weight excluding hydrogens is 354 g/mol. The average molecular weight is 371 g/mol. The normalized spacial score (nSPS) is 10.5. The summed E-state index contributed by atoms with van der Waals surface area (Å²) in [6.45, 7) is -0.311. The molecule has 0 spiro atoms. The Morgan fingerprint density at radius 3 is 2.73 bits per heavy atom. The zero-order valence-corrected chi connectivity index (χ0v) is 14.9. The van der Waals surface area contributed by atoms with Crippen molar-refractivity contribution in [2.45, 2.75) is 12.8 Å². The zero-order valence-electron chi connectivity index (χ0n) is 14.1. The second-order valence-corrected chi connectivity index (χ2v) is 6.39. The van der Waals surface area contributed by atoms with Gasteiger partial charge >= 0.3 is 5.97 Å². The first-order valence-corrected chi connectivity index (χ1v) is 8.85. The highest BCUT2D eigenvalue weighted by atomic mass is 32.1. The Balaban J connectivity index is 1.44. The number of hydrogen-bond acceptors (Lipinski definition) is 7. The van der Waals surface area contributed by atoms with Crippen molar-refractivity contribution in [1.29, 1.82) is 0 Å². The van der Waals surface area contributed by atoms with Gasteiger partial charge in [-0.3, -0.25) is 9.59 Å². The van der Waals surface area contributed by atoms with Gasteiger partial charge in [0, 0.05) is 19.2 Å². The van der Waals surface area contributed by atoms with Gasteiger partial charge in [0.05, 0.1) is 11.3 Å². The molecule has 0 aliphatic carbocycles. The van der Waals surface area contributed by atoms with Gasteiger partial charge in [0.25, 0.3) is 5.91 Å². The van der Waals surface area contributed by atoms with Crippen molar-refractivity contribution in [2.75, 3.05) is 18.6 Å². The molecule has 0 saturated heterocycles. The Hall–Kier alpha value is -3.00. The predicted octanol–water partition coefficient (Wildman–Crippen LogP) is 2.94. The van der Waals surface area contributed by atoms with Gasteiger partial charge in [-0.1, -0.05) is 29.4 Å². The Morgan fingerprint density at radius 1 is 1.19 bits per heavy atom. The molecule has 0 saturated carbocycles. The standard InChI is InChI=1S/C18H17N3O4S/c1-21(13-6-3-2-4-7-13)16(22)12-24-17(23)10-9-15-19-18(20-25-15)14-8-5-11-26-14/h2-8,11H,9-10,12H2,1H3. The maximum atomic E-state index is 12.1. The first kappa shape index (κ1) is 17.8. The molecule has 1 aromatic carbocycles. The number of hydrogen-bond donors (Lipinski definition) is 0. The maximum absolute atomic E-state index is 12.1. The number of benzene rings is 1. The van der Waals surface area contributed by atoms with Crippen LogP contribution in [0.5, 0.6) is 0 Å². The first-order valence-electron chi connectivity index (χ1n) is 7.97. The number of esters is 1. The number of thiophene rings is 1. The van der Waals surface area contributed by atoms with Crippen LogP contribution in [-0.4, -0.2) is 35.7 Å². The third-order valence-electron chi connectivity index (χ3n) is 3.63. The molecule has 0 unspecified atom stereocenters. The van der Waals surface area contributed by atoms with E-state index in [2.05, 4.69) is 10.1 Å². The molecule has 2 heterocycles. The number of aryl methyl sites for hydroxylation is 1. The number of anilines is 1. The van der Waals surface area contributed by atoms with Crippen molar-refractivity contribution in [3.05, 3.63) is 53.7 Å². The summed E-state index contributed by atoms with van der Waals surface area (Å²) < 4.78 is 10.2. The SMILES string of the molecule is CN(C(=O)COC(=O)CCc1nc(-c2cccs2)no1)c1ccccc1. The summed E-state index contributed by atoms with van der Waals surface area (Å²) in [5.74, 6) is 0.0686. The van der Waals surface area contributed by atoms with Crippen LogP contribution < -0.4 is 4.90 Å². The number of ether oxygens (including phenoxy) is 1. The molecule has 0 radical (unpaired) electrons. The number of likely N-dealkylation sites (N-methyl/N-ethyl adjacent to an activating group) is 1. The fourth-order valence-electron chi connectivity index (χ4n) is 2.18. The van der Waals surface area contributed by atoms with E-state index in [-0.39, 0.29) is 25.4 Å². The van der Waals surface area contributed by atoms with E-state index in [0.717, 1.165) is 10.6 Å². The molecule has 3 aromatic rings. The minimum absolute atomic E-state index is 0.0639. The van der Waals surface area contributed by atoms with Gasteiger partial charge in [-0.2, -0.15) is 4.98 Å². The molecule has 134 valence electrons. The largest absolute Gasteiger partial charge is 0.456 e. The molecule has 0 aliphatic rings. The summed E-state index contributed by atoms with van der Waals surface area (Å²) in [6, 6.07) is 12.9. The zero-order chi connectivity index (χ0) is 18.4. The van der Waals surface area contributed by atoms with Crippen LogP contribution in [0.2, 0.25) is 0 Å². The van der Waals surface area contributed by atoms with E-state index < -0.39 is 5.97 Å². The van der Waals surface area contributed by atoms with E-state index in [1.807, 2.05) is 35.7 Å². The van der Waals surface area contributed by atoms with Gasteiger partial charge < -0.3 is 14.2 Å². The second-order valence-electron chi connectivity index (χ2n) is 5.44. The smallest absolute Gasteiger partial charge is 0.306 e. The number of carbonyl (C=O) groups is 2. The third-order valence-corrected chi connectivity index (χ3v) is 4.49. The molecular formula is C18H17N3O4S. The minimum atomic E-state index is -0.490. The molecule has 7 nitrogen and oxygen atoms in total. The number of nitrogens with zero attached hydrogens (tertiary/aromatic N) is 3. The summed E-state index contributed by atoms with van der Waals surface area (Å²) in [7, 11) is 1.63. The predicted molar refractivity (Wildman–Crippen MR) is 96.7 cm³/mol. The molecule has 2 aromatic heterocycles. The summed E-state index contributed by atoms with van der Waals surface area (Å²) in [6.07, 6.45) is 0.328. The lowest BCUT2D eigenvalue weighted by Gasteiger charge is -2.16. The number of para-hydroxylation sites is 1. The third kappa shape index (κ3) is 4.54. The van der Waals surface area contributed by atoms with Gasteiger partial charge in [0.2, 0.25) is 11.7 Å². The molecule has 0 fully saturated rings. The van der Waals surface area contributed by atoms with Gasteiger partial charge in [-0.05, 0) is 23.6 Å². The Labute approximate surface area is 154 Å². The summed E-state index contributed by atoms with van der Waals surface area (Å²) in [5.41, 5.74) is 0.737. The van der Waals surface area contributed by atoms with Gasteiger partial charge in [-0.25, -0.2) is 0 Å². The molecule has 1 amide bonds. The summed E-state index contributed by atoms with van der Waals surface area (Å²) in [4.78, 5) is 30.5. The molecule has 8 heteroatoms. The van der Waals surface area contributed by atoms with Crippen molar-refractivity contribution < 1.29 is 18.8 Å². The van der Waals surface area contributed by atoms with Crippen LogP contribution in [0.25, 0.3) is 10.7 Å². The van der Waals surface area contributed by atoms with Gasteiger partial charge in [0.1, 0.15) is 0 Å². The van der Waals surface area contributed by atoms with Crippen molar-refractivity contribution >= 4 is 28.9 Å². The number of rotatable bonds is 7. The van der Waals surface area contributed by atoms with Gasteiger partial charge in [0.15, 0.2) is 6.61 Å². The van der Waals surface area contributed by atoms with Crippen molar-refractivity contribution in [3.8, 4) is 10.7 Å². The van der Waals surface area contributed by atoms with Crippen molar-refractivity contribution in [1.82, 2.24) is 10.1 Å². The fourth-order valence-corrected chi connectivity index (χ4v) is 2.83. The summed E-state index contributed by atoms with van der Waals surface area (Å²) >= 11 is 1.51. The molecule has 0 atom stereocenters. The van der Waals surface area contributed by atoms with Crippen LogP contribution in [-0.2, 0) is 20.7 Å². The Morgan fingerprint density at radius 2 is 2.00 bits per heavy atom. The number of amides is 1. The quantitative estimate of drug-likeness (QED) is 0.594. The van der Waals surface area contributed by atoms with Crippen LogP contribution in [0.4, 0.5) is 5.69 Å². The van der Waals surface area contributed by atoms with E-state index in [1.54, 1.807) is 19.2 Å². The monoisotopic (exact) mass is 371 g/mol. The highest BCUT2D eigenvalue weighted by Crippen LogP contribution is 2.21. The molecule has 0 aliphatic heterocycles. The molecule has 26 heavy (non-hydrogen) atoms. The first-order chi connectivity index (χ1) is 12.6. The van der Waals surface area contributed by atoms with E-state index in [0.29, 0.717) is 11.7 Å². The minimum Gasteiger partial charge on any atom is -0.456 e. The van der Waals surface area contributed by atoms with E-state index >= 15 is 0 Å². The van der Waals surface area contributed by atoms with Crippen molar-refractivity contribution in [3.63, 3.8) is 0 Å². The lowest BCUT2D eigenvalue weighted by molar-refractivity contribution is -0.147. The summed E-state index contributed by atoms with van der Waals surface area (Å²) in [5, 5.41) is 5.80. The highest BCUT2D eigenvalue weighted by molar-refractivity contribution is 7.13. The Bertz CT molecular complexity index is 862. The number of aromatic nitrogens is 2. The lowest BCUT2D eigenvalue weighted by atomic mass is 10.3. The topological polar surface area (TPSA) is 85.5 Å². The van der Waals surface area contributed by atoms with Crippen LogP contribution in [0.15, 0.2) is 52.4 Å². The number of carbonyl (C=O) groups excluding carboxylic acids is 2. The highest BCUT2D eigenvalue weighted by Gasteiger charge is 2.15. The van der Waals surface area contributed by atoms with Crippen LogP contribution in [0.3, 0.4) is 0 Å². The Kier molecular flexibility index (Phi) is 5.75. The van der Waals surface area contributed by atoms with E-state index in [1.165, 1.54) is 16.2 Å². The second kappa shape index (κ2) is 8.39. The van der Waals surface area contributed by atoms with Crippen LogP contribution in [0.1, 0.15) is 12.3 Å². The fraction of sp³-hybridized carbons (Fsp3) is 0.222. The lowest BCUT2D eigenvalue weighted by Crippen LogP contribution is -2.31. The average Bonchev–Trinajstić information content (AvgIpc) is 3.36. The molecule has 0 N–H and O–H groups in total. The molecule has 3 rings (SSSR count). The van der Waals surface area contributed by atoms with Crippen LogP contribution >= 0.6 is 11.3 Å². The van der Waals surface area contributed by atoms with E-state index in [4.69, 9.17) is 9.26 Å². The molecule has 0 bridgehead atoms.